The fourth-order valence-electron chi connectivity index (χ4n) is 3.26. The van der Waals surface area contributed by atoms with E-state index < -0.39 is 11.7 Å². The van der Waals surface area contributed by atoms with E-state index in [1.807, 2.05) is 0 Å². The maximum absolute atomic E-state index is 13.2. The lowest BCUT2D eigenvalue weighted by Gasteiger charge is -2.35. The van der Waals surface area contributed by atoms with Gasteiger partial charge in [0.1, 0.15) is 5.75 Å². The van der Waals surface area contributed by atoms with Crippen LogP contribution in [0.1, 0.15) is 36.4 Å². The van der Waals surface area contributed by atoms with Crippen LogP contribution in [0.2, 0.25) is 0 Å². The number of alkyl halides is 3. The molecule has 1 aliphatic carbocycles. The maximum atomic E-state index is 13.2. The Labute approximate surface area is 147 Å². The van der Waals surface area contributed by atoms with Crippen LogP contribution in [0.5, 0.6) is 5.75 Å². The lowest BCUT2D eigenvalue weighted by molar-refractivity contribution is -0.137. The zero-order valence-electron chi connectivity index (χ0n) is 13.7. The van der Waals surface area contributed by atoms with Crippen LogP contribution in [-0.2, 0) is 6.18 Å². The first-order chi connectivity index (χ1) is 11.0. The molecule has 3 rings (SSSR count). The lowest BCUT2D eigenvalue weighted by atomic mass is 9.96. The SMILES string of the molecule is COc1cc([C@H](CC2CC2)N2CCNCC2)cc(C(F)(F)F)c1.Cl. The third-order valence-electron chi connectivity index (χ3n) is 4.72. The number of methoxy groups -OCH3 is 1. The summed E-state index contributed by atoms with van der Waals surface area (Å²) in [6, 6.07) is 4.19. The molecule has 0 bridgehead atoms. The fraction of sp³-hybridized carbons (Fsp3) is 0.647. The molecule has 0 radical (unpaired) electrons. The number of halogens is 4. The molecule has 136 valence electrons. The molecular weight excluding hydrogens is 341 g/mol. The zero-order valence-corrected chi connectivity index (χ0v) is 14.6. The van der Waals surface area contributed by atoms with Gasteiger partial charge < -0.3 is 10.1 Å². The molecule has 1 heterocycles. The number of piperazine rings is 1. The molecule has 2 fully saturated rings. The molecule has 1 atom stereocenters. The highest BCUT2D eigenvalue weighted by molar-refractivity contribution is 5.85. The maximum Gasteiger partial charge on any atom is 0.416 e. The number of benzene rings is 1. The van der Waals surface area contributed by atoms with E-state index in [-0.39, 0.29) is 24.2 Å². The van der Waals surface area contributed by atoms with Crippen molar-refractivity contribution in [2.45, 2.75) is 31.5 Å². The van der Waals surface area contributed by atoms with Crippen LogP contribution in [0, 0.1) is 5.92 Å². The van der Waals surface area contributed by atoms with E-state index in [0.717, 1.165) is 44.2 Å². The molecule has 1 aliphatic heterocycles. The molecule has 1 saturated heterocycles. The minimum absolute atomic E-state index is 0. The fourth-order valence-corrected chi connectivity index (χ4v) is 3.26. The zero-order chi connectivity index (χ0) is 16.4. The molecule has 0 aromatic heterocycles. The van der Waals surface area contributed by atoms with Crippen molar-refractivity contribution in [2.24, 2.45) is 5.92 Å². The van der Waals surface area contributed by atoms with Crippen LogP contribution < -0.4 is 10.1 Å². The van der Waals surface area contributed by atoms with Gasteiger partial charge in [0.05, 0.1) is 12.7 Å². The predicted molar refractivity (Wildman–Crippen MR) is 89.8 cm³/mol. The van der Waals surface area contributed by atoms with Crippen molar-refractivity contribution < 1.29 is 17.9 Å². The summed E-state index contributed by atoms with van der Waals surface area (Å²) < 4.78 is 44.7. The number of rotatable bonds is 5. The first-order valence-corrected chi connectivity index (χ1v) is 8.18. The summed E-state index contributed by atoms with van der Waals surface area (Å²) in [6.45, 7) is 3.51. The summed E-state index contributed by atoms with van der Waals surface area (Å²) in [5, 5.41) is 3.30. The van der Waals surface area contributed by atoms with Crippen molar-refractivity contribution in [1.82, 2.24) is 10.2 Å². The van der Waals surface area contributed by atoms with E-state index in [4.69, 9.17) is 4.74 Å². The second-order valence-electron chi connectivity index (χ2n) is 6.47. The van der Waals surface area contributed by atoms with Gasteiger partial charge in [-0.2, -0.15) is 13.2 Å². The minimum Gasteiger partial charge on any atom is -0.497 e. The Hall–Kier alpha value is -0.980. The van der Waals surface area contributed by atoms with Gasteiger partial charge in [-0.1, -0.05) is 12.8 Å². The van der Waals surface area contributed by atoms with Crippen LogP contribution >= 0.6 is 12.4 Å². The van der Waals surface area contributed by atoms with E-state index in [1.165, 1.54) is 26.0 Å². The Bertz CT molecular complexity index is 543. The number of ether oxygens (including phenoxy) is 1. The molecule has 1 aromatic rings. The topological polar surface area (TPSA) is 24.5 Å². The average molecular weight is 365 g/mol. The highest BCUT2D eigenvalue weighted by Gasteiger charge is 2.35. The molecule has 1 saturated carbocycles. The van der Waals surface area contributed by atoms with Gasteiger partial charge in [-0.15, -0.1) is 12.4 Å². The molecule has 1 aromatic carbocycles. The molecule has 2 aliphatic rings. The van der Waals surface area contributed by atoms with Gasteiger partial charge >= 0.3 is 6.18 Å². The highest BCUT2D eigenvalue weighted by atomic mass is 35.5. The Morgan fingerprint density at radius 1 is 1.21 bits per heavy atom. The van der Waals surface area contributed by atoms with Gasteiger partial charge in [0.15, 0.2) is 0 Å². The van der Waals surface area contributed by atoms with Gasteiger partial charge in [-0.25, -0.2) is 0 Å². The third-order valence-corrected chi connectivity index (χ3v) is 4.72. The van der Waals surface area contributed by atoms with E-state index in [2.05, 4.69) is 10.2 Å². The number of nitrogens with one attached hydrogen (secondary N) is 1. The second kappa shape index (κ2) is 7.93. The van der Waals surface area contributed by atoms with Gasteiger partial charge in [0.25, 0.3) is 0 Å². The Morgan fingerprint density at radius 3 is 2.42 bits per heavy atom. The predicted octanol–water partition coefficient (Wildman–Crippen LogP) is 3.88. The van der Waals surface area contributed by atoms with E-state index >= 15 is 0 Å². The molecule has 0 amide bonds. The summed E-state index contributed by atoms with van der Waals surface area (Å²) in [6.07, 6.45) is -1.03. The van der Waals surface area contributed by atoms with Crippen LogP contribution in [0.25, 0.3) is 0 Å². The van der Waals surface area contributed by atoms with Crippen molar-refractivity contribution >= 4 is 12.4 Å². The standard InChI is InChI=1S/C17H23F3N2O.ClH/c1-23-15-10-13(9-14(11-15)17(18,19)20)16(8-12-2-3-12)22-6-4-21-5-7-22;/h9-12,16,21H,2-8H2,1H3;1H/t16-;/m0./s1. The van der Waals surface area contributed by atoms with Gasteiger partial charge in [-0.3, -0.25) is 4.90 Å². The van der Waals surface area contributed by atoms with Gasteiger partial charge in [-0.05, 0) is 36.1 Å². The molecule has 1 N–H and O–H groups in total. The molecule has 0 spiro atoms. The largest absolute Gasteiger partial charge is 0.497 e. The molecule has 3 nitrogen and oxygen atoms in total. The Balaban J connectivity index is 0.00000208. The normalized spacial score (nSPS) is 20.3. The molecule has 0 unspecified atom stereocenters. The highest BCUT2D eigenvalue weighted by Crippen LogP contribution is 2.42. The summed E-state index contributed by atoms with van der Waals surface area (Å²) in [4.78, 5) is 2.31. The molecule has 7 heteroatoms. The van der Waals surface area contributed by atoms with Crippen LogP contribution in [0.4, 0.5) is 13.2 Å². The first-order valence-electron chi connectivity index (χ1n) is 8.18. The summed E-state index contributed by atoms with van der Waals surface area (Å²) in [7, 11) is 1.42. The van der Waals surface area contributed by atoms with E-state index in [9.17, 15) is 13.2 Å². The van der Waals surface area contributed by atoms with Gasteiger partial charge in [0.2, 0.25) is 0 Å². The minimum atomic E-state index is -4.35. The van der Waals surface area contributed by atoms with Gasteiger partial charge in [0, 0.05) is 32.2 Å². The van der Waals surface area contributed by atoms with Crippen molar-refractivity contribution in [3.63, 3.8) is 0 Å². The number of hydrogen-bond acceptors (Lipinski definition) is 3. The molecule has 24 heavy (non-hydrogen) atoms. The van der Waals surface area contributed by atoms with Crippen LogP contribution in [0.15, 0.2) is 18.2 Å². The summed E-state index contributed by atoms with van der Waals surface area (Å²) in [5.74, 6) is 0.932. The van der Waals surface area contributed by atoms with Crippen molar-refractivity contribution in [2.75, 3.05) is 33.3 Å². The lowest BCUT2D eigenvalue weighted by Crippen LogP contribution is -2.45. The number of hydrogen-bond donors (Lipinski definition) is 1. The summed E-state index contributed by atoms with van der Waals surface area (Å²) in [5.41, 5.74) is 0.105. The first kappa shape index (κ1) is 19.3. The van der Waals surface area contributed by atoms with Crippen LogP contribution in [-0.4, -0.2) is 38.2 Å². The number of nitrogens with zero attached hydrogens (tertiary/aromatic N) is 1. The quantitative estimate of drug-likeness (QED) is 0.858. The average Bonchev–Trinajstić information content (AvgIpc) is 3.36. The molecular formula is C17H24ClF3N2O. The van der Waals surface area contributed by atoms with E-state index in [0.29, 0.717) is 5.92 Å². The van der Waals surface area contributed by atoms with Crippen molar-refractivity contribution in [3.05, 3.63) is 29.3 Å². The van der Waals surface area contributed by atoms with E-state index in [1.54, 1.807) is 6.07 Å². The van der Waals surface area contributed by atoms with Crippen LogP contribution in [0.3, 0.4) is 0 Å². The Morgan fingerprint density at radius 2 is 1.88 bits per heavy atom. The smallest absolute Gasteiger partial charge is 0.416 e. The Kier molecular flexibility index (Phi) is 6.39. The monoisotopic (exact) mass is 364 g/mol. The third kappa shape index (κ3) is 4.77. The summed E-state index contributed by atoms with van der Waals surface area (Å²) >= 11 is 0. The van der Waals surface area contributed by atoms with Crippen molar-refractivity contribution in [1.29, 1.82) is 0 Å². The van der Waals surface area contributed by atoms with Crippen molar-refractivity contribution in [3.8, 4) is 5.75 Å². The second-order valence-corrected chi connectivity index (χ2v) is 6.47.